The van der Waals surface area contributed by atoms with E-state index in [2.05, 4.69) is 50.7 Å². The maximum absolute atomic E-state index is 10.5. The van der Waals surface area contributed by atoms with Gasteiger partial charge in [0.05, 0.1) is 6.54 Å². The molecule has 1 atom stereocenters. The van der Waals surface area contributed by atoms with Gasteiger partial charge < -0.3 is 15.7 Å². The lowest BCUT2D eigenvalue weighted by Gasteiger charge is -2.14. The van der Waals surface area contributed by atoms with Crippen LogP contribution < -0.4 is 10.6 Å². The van der Waals surface area contributed by atoms with Crippen LogP contribution in [0.4, 0.5) is 0 Å². The first-order valence-corrected chi connectivity index (χ1v) is 9.72. The molecule has 126 valence electrons. The Morgan fingerprint density at radius 1 is 1.25 bits per heavy atom. The van der Waals surface area contributed by atoms with E-state index < -0.39 is 6.10 Å². The zero-order valence-electron chi connectivity index (χ0n) is 13.5. The predicted molar refractivity (Wildman–Crippen MR) is 104 cm³/mol. The van der Waals surface area contributed by atoms with Gasteiger partial charge in [-0.05, 0) is 46.8 Å². The smallest absolute Gasteiger partial charge is 0.191 e. The van der Waals surface area contributed by atoms with Crippen LogP contribution in [0.15, 0.2) is 52.2 Å². The molecule has 2 heterocycles. The summed E-state index contributed by atoms with van der Waals surface area (Å²) in [6.07, 6.45) is -0.549. The Balaban J connectivity index is 1.61. The Bertz CT molecular complexity index is 763. The largest absolute Gasteiger partial charge is 0.386 e. The molecule has 1 aromatic carbocycles. The van der Waals surface area contributed by atoms with Gasteiger partial charge in [0.2, 0.25) is 0 Å². The average Bonchev–Trinajstić information content (AvgIpc) is 3.26. The van der Waals surface area contributed by atoms with E-state index in [4.69, 9.17) is 0 Å². The molecule has 2 aromatic heterocycles. The summed E-state index contributed by atoms with van der Waals surface area (Å²) in [5.41, 5.74) is 1.20. The molecule has 0 aliphatic carbocycles. The number of aliphatic hydroxyl groups excluding tert-OH is 1. The first-order valence-electron chi connectivity index (χ1n) is 7.96. The molecule has 0 saturated heterocycles. The Labute approximate surface area is 149 Å². The topological polar surface area (TPSA) is 56.7 Å². The Hall–Kier alpha value is -1.89. The minimum absolute atomic E-state index is 0.433. The maximum Gasteiger partial charge on any atom is 0.191 e. The zero-order valence-corrected chi connectivity index (χ0v) is 15.2. The summed E-state index contributed by atoms with van der Waals surface area (Å²) in [6, 6.07) is 12.3. The SMILES string of the molecule is CCNC(=NCc1ccsc1)NCC(O)c1cc2ccccc2s1. The minimum atomic E-state index is -0.549. The molecule has 1 unspecified atom stereocenters. The first-order chi connectivity index (χ1) is 11.8. The quantitative estimate of drug-likeness (QED) is 0.464. The lowest BCUT2D eigenvalue weighted by atomic mass is 10.2. The average molecular weight is 360 g/mol. The molecule has 0 bridgehead atoms. The second kappa shape index (κ2) is 8.28. The number of guanidine groups is 1. The standard InChI is InChI=1S/C18H21N3OS2/c1-2-19-18(20-10-13-7-8-23-12-13)21-11-15(22)17-9-14-5-3-4-6-16(14)24-17/h3-9,12,15,22H,2,10-11H2,1H3,(H2,19,20,21). The highest BCUT2D eigenvalue weighted by atomic mass is 32.1. The molecule has 4 nitrogen and oxygen atoms in total. The highest BCUT2D eigenvalue weighted by Gasteiger charge is 2.12. The number of aliphatic hydroxyl groups is 1. The van der Waals surface area contributed by atoms with Crippen LogP contribution in [0.2, 0.25) is 0 Å². The van der Waals surface area contributed by atoms with Crippen molar-refractivity contribution in [2.45, 2.75) is 19.6 Å². The molecule has 3 aromatic rings. The summed E-state index contributed by atoms with van der Waals surface area (Å²) in [6.45, 7) is 3.89. The van der Waals surface area contributed by atoms with E-state index in [1.54, 1.807) is 22.7 Å². The van der Waals surface area contributed by atoms with Crippen LogP contribution in [-0.2, 0) is 6.54 Å². The molecule has 0 aliphatic heterocycles. The van der Waals surface area contributed by atoms with E-state index >= 15 is 0 Å². The Morgan fingerprint density at radius 3 is 2.88 bits per heavy atom. The van der Waals surface area contributed by atoms with Crippen LogP contribution in [0.5, 0.6) is 0 Å². The maximum atomic E-state index is 10.5. The van der Waals surface area contributed by atoms with Crippen molar-refractivity contribution in [2.75, 3.05) is 13.1 Å². The number of rotatable bonds is 6. The summed E-state index contributed by atoms with van der Waals surface area (Å²) in [5, 5.41) is 22.2. The van der Waals surface area contributed by atoms with Gasteiger partial charge in [-0.25, -0.2) is 4.99 Å². The molecule has 0 fully saturated rings. The predicted octanol–water partition coefficient (Wildman–Crippen LogP) is 3.75. The Kier molecular flexibility index (Phi) is 5.85. The number of hydrogen-bond donors (Lipinski definition) is 3. The molecule has 3 N–H and O–H groups in total. The summed E-state index contributed by atoms with van der Waals surface area (Å²) in [4.78, 5) is 5.53. The van der Waals surface area contributed by atoms with Crippen molar-refractivity contribution < 1.29 is 5.11 Å². The third kappa shape index (κ3) is 4.35. The number of hydrogen-bond acceptors (Lipinski definition) is 4. The number of nitrogens with zero attached hydrogens (tertiary/aromatic N) is 1. The van der Waals surface area contributed by atoms with E-state index in [0.29, 0.717) is 13.1 Å². The molecular weight excluding hydrogens is 338 g/mol. The minimum Gasteiger partial charge on any atom is -0.386 e. The fraction of sp³-hybridized carbons (Fsp3) is 0.278. The molecule has 0 spiro atoms. The van der Waals surface area contributed by atoms with Crippen molar-refractivity contribution in [1.82, 2.24) is 10.6 Å². The number of benzene rings is 1. The van der Waals surface area contributed by atoms with Crippen molar-refractivity contribution in [3.63, 3.8) is 0 Å². The highest BCUT2D eigenvalue weighted by Crippen LogP contribution is 2.29. The van der Waals surface area contributed by atoms with Gasteiger partial charge in [-0.15, -0.1) is 11.3 Å². The number of aliphatic imine (C=N–C) groups is 1. The summed E-state index contributed by atoms with van der Waals surface area (Å²) in [5.74, 6) is 0.726. The molecule has 24 heavy (non-hydrogen) atoms. The molecule has 0 radical (unpaired) electrons. The second-order valence-electron chi connectivity index (χ2n) is 5.41. The first kappa shape index (κ1) is 17.0. The van der Waals surface area contributed by atoms with Gasteiger partial charge in [-0.1, -0.05) is 18.2 Å². The Morgan fingerprint density at radius 2 is 2.12 bits per heavy atom. The zero-order chi connectivity index (χ0) is 16.8. The van der Waals surface area contributed by atoms with Gasteiger partial charge in [0.15, 0.2) is 5.96 Å². The van der Waals surface area contributed by atoms with Gasteiger partial charge in [-0.3, -0.25) is 0 Å². The fourth-order valence-electron chi connectivity index (χ4n) is 2.36. The monoisotopic (exact) mass is 359 g/mol. The third-order valence-electron chi connectivity index (χ3n) is 3.58. The highest BCUT2D eigenvalue weighted by molar-refractivity contribution is 7.19. The van der Waals surface area contributed by atoms with Gasteiger partial charge >= 0.3 is 0 Å². The molecule has 3 rings (SSSR count). The van der Waals surface area contributed by atoms with E-state index in [1.165, 1.54) is 15.6 Å². The van der Waals surface area contributed by atoms with Crippen molar-refractivity contribution in [3.8, 4) is 0 Å². The molecule has 0 aliphatic rings. The number of thiophene rings is 2. The fourth-order valence-corrected chi connectivity index (χ4v) is 4.07. The number of nitrogens with one attached hydrogen (secondary N) is 2. The van der Waals surface area contributed by atoms with E-state index in [1.807, 2.05) is 19.1 Å². The molecule has 0 amide bonds. The van der Waals surface area contributed by atoms with E-state index in [0.717, 1.165) is 17.4 Å². The van der Waals surface area contributed by atoms with Gasteiger partial charge in [0.25, 0.3) is 0 Å². The van der Waals surface area contributed by atoms with Crippen LogP contribution in [0.3, 0.4) is 0 Å². The molecule has 0 saturated carbocycles. The lowest BCUT2D eigenvalue weighted by molar-refractivity contribution is 0.184. The van der Waals surface area contributed by atoms with E-state index in [-0.39, 0.29) is 0 Å². The van der Waals surface area contributed by atoms with Crippen molar-refractivity contribution in [3.05, 3.63) is 57.6 Å². The molecule has 6 heteroatoms. The van der Waals surface area contributed by atoms with Crippen LogP contribution in [0.25, 0.3) is 10.1 Å². The number of fused-ring (bicyclic) bond motifs is 1. The third-order valence-corrected chi connectivity index (χ3v) is 5.53. The van der Waals surface area contributed by atoms with Crippen molar-refractivity contribution >= 4 is 38.7 Å². The summed E-state index contributed by atoms with van der Waals surface area (Å²) in [7, 11) is 0. The second-order valence-corrected chi connectivity index (χ2v) is 7.31. The van der Waals surface area contributed by atoms with Crippen molar-refractivity contribution in [2.24, 2.45) is 4.99 Å². The van der Waals surface area contributed by atoms with Crippen molar-refractivity contribution in [1.29, 1.82) is 0 Å². The van der Waals surface area contributed by atoms with Gasteiger partial charge in [0, 0.05) is 22.7 Å². The summed E-state index contributed by atoms with van der Waals surface area (Å²) < 4.78 is 1.20. The summed E-state index contributed by atoms with van der Waals surface area (Å²) >= 11 is 3.31. The van der Waals surface area contributed by atoms with E-state index in [9.17, 15) is 5.11 Å². The van der Waals surface area contributed by atoms with Crippen LogP contribution in [0, 0.1) is 0 Å². The lowest BCUT2D eigenvalue weighted by Crippen LogP contribution is -2.39. The van der Waals surface area contributed by atoms with Crippen LogP contribution in [-0.4, -0.2) is 24.2 Å². The van der Waals surface area contributed by atoms with Crippen LogP contribution in [0.1, 0.15) is 23.5 Å². The van der Waals surface area contributed by atoms with Gasteiger partial charge in [-0.2, -0.15) is 11.3 Å². The normalized spacial score (nSPS) is 13.2. The molecular formula is C18H21N3OS2. The van der Waals surface area contributed by atoms with Crippen LogP contribution >= 0.6 is 22.7 Å². The van der Waals surface area contributed by atoms with Gasteiger partial charge in [0.1, 0.15) is 6.10 Å².